The number of likely N-dealkylation sites (tertiary alicyclic amines) is 1. The summed E-state index contributed by atoms with van der Waals surface area (Å²) in [6, 6.07) is 10.3. The normalized spacial score (nSPS) is 24.8. The number of carbonyl (C=O) groups is 1. The van der Waals surface area contributed by atoms with Crippen LogP contribution in [0.4, 0.5) is 4.79 Å². The zero-order valence-corrected chi connectivity index (χ0v) is 15.0. The van der Waals surface area contributed by atoms with Gasteiger partial charge in [0.25, 0.3) is 0 Å². The second-order valence-electron chi connectivity index (χ2n) is 7.51. The average molecular weight is 330 g/mol. The van der Waals surface area contributed by atoms with Gasteiger partial charge in [-0.15, -0.1) is 0 Å². The van der Waals surface area contributed by atoms with E-state index in [-0.39, 0.29) is 18.2 Å². The third-order valence-corrected chi connectivity index (χ3v) is 5.13. The molecular weight excluding hydrogens is 300 g/mol. The van der Waals surface area contributed by atoms with Crippen molar-refractivity contribution >= 4 is 6.09 Å². The van der Waals surface area contributed by atoms with Crippen molar-refractivity contribution in [2.75, 3.05) is 26.2 Å². The minimum absolute atomic E-state index is 0.132. The molecule has 24 heavy (non-hydrogen) atoms. The summed E-state index contributed by atoms with van der Waals surface area (Å²) in [6.45, 7) is 8.75. The van der Waals surface area contributed by atoms with Gasteiger partial charge in [-0.2, -0.15) is 0 Å². The van der Waals surface area contributed by atoms with Crippen LogP contribution in [0.2, 0.25) is 0 Å². The third kappa shape index (κ3) is 4.10. The maximum Gasteiger partial charge on any atom is 0.410 e. The quantitative estimate of drug-likeness (QED) is 0.755. The van der Waals surface area contributed by atoms with E-state index >= 15 is 0 Å². The Labute approximate surface area is 145 Å². The van der Waals surface area contributed by atoms with Gasteiger partial charge in [0.15, 0.2) is 0 Å². The highest BCUT2D eigenvalue weighted by Crippen LogP contribution is 2.36. The fourth-order valence-corrected chi connectivity index (χ4v) is 3.95. The maximum absolute atomic E-state index is 12.5. The van der Waals surface area contributed by atoms with E-state index in [0.717, 1.165) is 31.5 Å². The molecule has 3 rings (SSSR count). The first-order valence-corrected chi connectivity index (χ1v) is 9.39. The molecule has 132 valence electrons. The van der Waals surface area contributed by atoms with Gasteiger partial charge in [-0.1, -0.05) is 44.2 Å². The van der Waals surface area contributed by atoms with Crippen LogP contribution in [0, 0.1) is 5.92 Å². The van der Waals surface area contributed by atoms with Crippen LogP contribution in [0.15, 0.2) is 30.3 Å². The maximum atomic E-state index is 12.5. The van der Waals surface area contributed by atoms with E-state index in [2.05, 4.69) is 30.9 Å². The Morgan fingerprint density at radius 2 is 1.83 bits per heavy atom. The Balaban J connectivity index is 1.65. The van der Waals surface area contributed by atoms with E-state index in [0.29, 0.717) is 5.92 Å². The third-order valence-electron chi connectivity index (χ3n) is 5.13. The van der Waals surface area contributed by atoms with Gasteiger partial charge in [0.05, 0.1) is 6.04 Å². The number of carbonyl (C=O) groups excluding carboxylic acids is 1. The lowest BCUT2D eigenvalue weighted by Crippen LogP contribution is -2.37. The lowest BCUT2D eigenvalue weighted by Gasteiger charge is -2.27. The highest BCUT2D eigenvalue weighted by Gasteiger charge is 2.42. The van der Waals surface area contributed by atoms with Crippen molar-refractivity contribution in [3.63, 3.8) is 0 Å². The fraction of sp³-hybridized carbons (Fsp3) is 0.650. The zero-order valence-electron chi connectivity index (χ0n) is 15.0. The molecule has 2 heterocycles. The Morgan fingerprint density at radius 3 is 2.50 bits per heavy atom. The SMILES string of the molecule is CC(C)CC1C(c2ccccc2)OC(=O)N1CCCN1CCCC1. The molecular formula is C20H30N2O2. The van der Waals surface area contributed by atoms with Crippen LogP contribution < -0.4 is 0 Å². The Morgan fingerprint density at radius 1 is 1.12 bits per heavy atom. The van der Waals surface area contributed by atoms with Gasteiger partial charge in [0.2, 0.25) is 0 Å². The van der Waals surface area contributed by atoms with Crippen molar-refractivity contribution < 1.29 is 9.53 Å². The molecule has 2 saturated heterocycles. The molecule has 0 bridgehead atoms. The molecule has 0 saturated carbocycles. The molecule has 2 aliphatic rings. The minimum atomic E-state index is -0.143. The Hall–Kier alpha value is -1.55. The standard InChI is InChI=1S/C20H30N2O2/c1-16(2)15-18-19(17-9-4-3-5-10-17)24-20(23)22(18)14-8-13-21-11-6-7-12-21/h3-5,9-10,16,18-19H,6-8,11-15H2,1-2H3. The molecule has 1 aromatic rings. The number of benzene rings is 1. The van der Waals surface area contributed by atoms with Crippen molar-refractivity contribution in [1.29, 1.82) is 0 Å². The molecule has 0 spiro atoms. The van der Waals surface area contributed by atoms with Crippen LogP contribution in [0.5, 0.6) is 0 Å². The molecule has 0 radical (unpaired) electrons. The molecule has 2 fully saturated rings. The van der Waals surface area contributed by atoms with Crippen LogP contribution in [-0.4, -0.2) is 48.1 Å². The highest BCUT2D eigenvalue weighted by atomic mass is 16.6. The fourth-order valence-electron chi connectivity index (χ4n) is 3.95. The number of ether oxygens (including phenoxy) is 1. The summed E-state index contributed by atoms with van der Waals surface area (Å²) in [5.41, 5.74) is 1.11. The summed E-state index contributed by atoms with van der Waals surface area (Å²) in [5.74, 6) is 0.539. The largest absolute Gasteiger partial charge is 0.439 e. The predicted molar refractivity (Wildman–Crippen MR) is 95.9 cm³/mol. The predicted octanol–water partition coefficient (Wildman–Crippen LogP) is 4.08. The Bertz CT molecular complexity index is 526. The molecule has 0 aliphatic carbocycles. The summed E-state index contributed by atoms with van der Waals surface area (Å²) >= 11 is 0. The van der Waals surface area contributed by atoms with Crippen LogP contribution >= 0.6 is 0 Å². The molecule has 0 aromatic heterocycles. The molecule has 4 heteroatoms. The van der Waals surface area contributed by atoms with Crippen LogP contribution in [-0.2, 0) is 4.74 Å². The van der Waals surface area contributed by atoms with Gasteiger partial charge >= 0.3 is 6.09 Å². The van der Waals surface area contributed by atoms with Crippen molar-refractivity contribution in [2.45, 2.75) is 51.7 Å². The average Bonchev–Trinajstić information content (AvgIpc) is 3.18. The van der Waals surface area contributed by atoms with Crippen molar-refractivity contribution in [1.82, 2.24) is 9.80 Å². The molecule has 4 nitrogen and oxygen atoms in total. The van der Waals surface area contributed by atoms with E-state index in [1.807, 2.05) is 23.1 Å². The molecule has 1 aromatic carbocycles. The zero-order chi connectivity index (χ0) is 16.9. The second-order valence-corrected chi connectivity index (χ2v) is 7.51. The summed E-state index contributed by atoms with van der Waals surface area (Å²) in [4.78, 5) is 17.0. The van der Waals surface area contributed by atoms with Crippen molar-refractivity contribution in [2.24, 2.45) is 5.92 Å². The van der Waals surface area contributed by atoms with Crippen LogP contribution in [0.3, 0.4) is 0 Å². The summed E-state index contributed by atoms with van der Waals surface area (Å²) in [7, 11) is 0. The summed E-state index contributed by atoms with van der Waals surface area (Å²) in [5, 5.41) is 0. The van der Waals surface area contributed by atoms with E-state index < -0.39 is 0 Å². The van der Waals surface area contributed by atoms with Gasteiger partial charge in [0.1, 0.15) is 6.10 Å². The van der Waals surface area contributed by atoms with Gasteiger partial charge in [0, 0.05) is 6.54 Å². The number of hydrogen-bond acceptors (Lipinski definition) is 3. The number of nitrogens with zero attached hydrogens (tertiary/aromatic N) is 2. The number of hydrogen-bond donors (Lipinski definition) is 0. The first kappa shape index (κ1) is 17.3. The minimum Gasteiger partial charge on any atom is -0.439 e. The molecule has 1 amide bonds. The van der Waals surface area contributed by atoms with Gasteiger partial charge in [-0.05, 0) is 56.8 Å². The number of rotatable bonds is 7. The van der Waals surface area contributed by atoms with Crippen LogP contribution in [0.1, 0.15) is 51.2 Å². The topological polar surface area (TPSA) is 32.8 Å². The lowest BCUT2D eigenvalue weighted by molar-refractivity contribution is 0.128. The summed E-state index contributed by atoms with van der Waals surface area (Å²) in [6.07, 6.45) is 4.37. The van der Waals surface area contributed by atoms with Crippen LogP contribution in [0.25, 0.3) is 0 Å². The molecule has 2 aliphatic heterocycles. The molecule has 2 atom stereocenters. The van der Waals surface area contributed by atoms with E-state index in [9.17, 15) is 4.79 Å². The first-order valence-electron chi connectivity index (χ1n) is 9.39. The lowest BCUT2D eigenvalue weighted by atomic mass is 9.94. The summed E-state index contributed by atoms with van der Waals surface area (Å²) < 4.78 is 5.77. The van der Waals surface area contributed by atoms with Gasteiger partial charge in [-0.25, -0.2) is 4.79 Å². The van der Waals surface area contributed by atoms with E-state index in [4.69, 9.17) is 4.74 Å². The second kappa shape index (κ2) is 8.02. The smallest absolute Gasteiger partial charge is 0.410 e. The van der Waals surface area contributed by atoms with Crippen molar-refractivity contribution in [3.05, 3.63) is 35.9 Å². The van der Waals surface area contributed by atoms with Crippen molar-refractivity contribution in [3.8, 4) is 0 Å². The monoisotopic (exact) mass is 330 g/mol. The first-order chi connectivity index (χ1) is 11.6. The number of cyclic esters (lactones) is 1. The van der Waals surface area contributed by atoms with E-state index in [1.54, 1.807) is 0 Å². The van der Waals surface area contributed by atoms with Gasteiger partial charge < -0.3 is 14.5 Å². The highest BCUT2D eigenvalue weighted by molar-refractivity contribution is 5.71. The molecule has 2 unspecified atom stereocenters. The van der Waals surface area contributed by atoms with Gasteiger partial charge in [-0.3, -0.25) is 0 Å². The number of amides is 1. The van der Waals surface area contributed by atoms with E-state index in [1.165, 1.54) is 25.9 Å². The Kier molecular flexibility index (Phi) is 5.77. The molecule has 0 N–H and O–H groups in total.